The number of amides is 2. The van der Waals surface area contributed by atoms with E-state index in [9.17, 15) is 9.59 Å². The van der Waals surface area contributed by atoms with Gasteiger partial charge in [-0.2, -0.15) is 0 Å². The van der Waals surface area contributed by atoms with Crippen LogP contribution >= 0.6 is 0 Å². The molecule has 0 saturated carbocycles. The quantitative estimate of drug-likeness (QED) is 0.598. The number of anilines is 2. The number of carbonyl (C=O) groups excluding carboxylic acids is 2. The molecule has 4 rings (SSSR count). The largest absolute Gasteiger partial charge is 0.373 e. The van der Waals surface area contributed by atoms with Crippen molar-refractivity contribution in [2.45, 2.75) is 57.7 Å². The van der Waals surface area contributed by atoms with E-state index >= 15 is 8.78 Å². The average Bonchev–Trinajstić information content (AvgIpc) is 2.73. The molecule has 0 aromatic heterocycles. The monoisotopic (exact) mass is 449 g/mol. The van der Waals surface area contributed by atoms with Gasteiger partial charge in [-0.15, -0.1) is 0 Å². The van der Waals surface area contributed by atoms with Gasteiger partial charge in [-0.3, -0.25) is 19.8 Å². The molecule has 3 atom stereocenters. The van der Waals surface area contributed by atoms with E-state index < -0.39 is 23.6 Å². The third-order valence-corrected chi connectivity index (χ3v) is 6.94. The van der Waals surface area contributed by atoms with Crippen LogP contribution < -0.4 is 20.9 Å². The van der Waals surface area contributed by atoms with E-state index in [0.717, 1.165) is 19.6 Å². The summed E-state index contributed by atoms with van der Waals surface area (Å²) in [5.41, 5.74) is 0.183. The lowest BCUT2D eigenvalue weighted by atomic mass is 9.95. The van der Waals surface area contributed by atoms with E-state index in [1.165, 1.54) is 25.0 Å². The maximum absolute atomic E-state index is 15.0. The molecule has 0 radical (unpaired) electrons. The molecule has 3 heterocycles. The second-order valence-electron chi connectivity index (χ2n) is 9.43. The number of hydrogen-bond donors (Lipinski definition) is 3. The molecule has 3 aliphatic heterocycles. The van der Waals surface area contributed by atoms with Crippen LogP contribution in [0.25, 0.3) is 0 Å². The maximum atomic E-state index is 15.0. The van der Waals surface area contributed by atoms with E-state index in [0.29, 0.717) is 25.4 Å². The van der Waals surface area contributed by atoms with E-state index in [-0.39, 0.29) is 35.8 Å². The van der Waals surface area contributed by atoms with Gasteiger partial charge in [-0.05, 0) is 64.3 Å². The van der Waals surface area contributed by atoms with Gasteiger partial charge in [0.2, 0.25) is 11.8 Å². The number of nitrogens with one attached hydrogen (secondary N) is 3. The molecule has 3 aliphatic rings. The first-order valence-corrected chi connectivity index (χ1v) is 11.6. The minimum Gasteiger partial charge on any atom is -0.373 e. The Balaban J connectivity index is 1.43. The van der Waals surface area contributed by atoms with Crippen LogP contribution in [0.15, 0.2) is 12.1 Å². The van der Waals surface area contributed by atoms with Gasteiger partial charge >= 0.3 is 0 Å². The highest BCUT2D eigenvalue weighted by Crippen LogP contribution is 2.31. The summed E-state index contributed by atoms with van der Waals surface area (Å²) in [6.45, 7) is 8.51. The zero-order chi connectivity index (χ0) is 22.8. The number of carbonyl (C=O) groups is 2. The fourth-order valence-electron chi connectivity index (χ4n) is 5.24. The van der Waals surface area contributed by atoms with Crippen LogP contribution in [0, 0.1) is 17.6 Å². The zero-order valence-corrected chi connectivity index (χ0v) is 18.8. The minimum absolute atomic E-state index is 0.0148. The molecule has 3 saturated heterocycles. The molecule has 1 unspecified atom stereocenters. The third-order valence-electron chi connectivity index (χ3n) is 6.94. The van der Waals surface area contributed by atoms with Crippen molar-refractivity contribution in [2.75, 3.05) is 42.9 Å². The lowest BCUT2D eigenvalue weighted by molar-refractivity contribution is -0.133. The van der Waals surface area contributed by atoms with Crippen LogP contribution in [0.4, 0.5) is 20.2 Å². The molecular weight excluding hydrogens is 416 g/mol. The number of imide groups is 1. The topological polar surface area (TPSA) is 76.7 Å². The van der Waals surface area contributed by atoms with Gasteiger partial charge in [0.1, 0.15) is 11.7 Å². The molecular formula is C23H33F2N5O2. The molecule has 0 bridgehead atoms. The van der Waals surface area contributed by atoms with Crippen LogP contribution in [0.1, 0.15) is 39.5 Å². The normalized spacial score (nSPS) is 28.0. The highest BCUT2D eigenvalue weighted by Gasteiger charge is 2.34. The molecule has 9 heteroatoms. The Hall–Kier alpha value is -2.26. The summed E-state index contributed by atoms with van der Waals surface area (Å²) in [4.78, 5) is 27.5. The van der Waals surface area contributed by atoms with Crippen LogP contribution in [-0.2, 0) is 9.59 Å². The van der Waals surface area contributed by atoms with Gasteiger partial charge in [-0.25, -0.2) is 8.78 Å². The number of benzene rings is 1. The minimum atomic E-state index is -0.684. The fourth-order valence-corrected chi connectivity index (χ4v) is 5.24. The first kappa shape index (κ1) is 22.9. The van der Waals surface area contributed by atoms with Gasteiger partial charge in [0, 0.05) is 43.8 Å². The highest BCUT2D eigenvalue weighted by atomic mass is 19.1. The van der Waals surface area contributed by atoms with Crippen molar-refractivity contribution in [1.29, 1.82) is 0 Å². The van der Waals surface area contributed by atoms with Gasteiger partial charge in [0.25, 0.3) is 0 Å². The Bertz CT molecular complexity index is 826. The SMILES string of the molecule is C[C@H]1CN(c2c(F)cc(NC3CCC(=O)NC3=O)cc2F)C[C@H](C)N1CC1CCNCC1. The van der Waals surface area contributed by atoms with Crippen molar-refractivity contribution in [3.63, 3.8) is 0 Å². The average molecular weight is 450 g/mol. The van der Waals surface area contributed by atoms with E-state index in [1.807, 2.05) is 0 Å². The van der Waals surface area contributed by atoms with Crippen molar-refractivity contribution in [3.05, 3.63) is 23.8 Å². The Morgan fingerprint density at radius 2 is 1.66 bits per heavy atom. The van der Waals surface area contributed by atoms with Gasteiger partial charge < -0.3 is 15.5 Å². The van der Waals surface area contributed by atoms with Gasteiger partial charge in [-0.1, -0.05) is 0 Å². The molecule has 1 aromatic carbocycles. The summed E-state index contributed by atoms with van der Waals surface area (Å²) in [5.74, 6) is -1.43. The maximum Gasteiger partial charge on any atom is 0.249 e. The number of nitrogens with zero attached hydrogens (tertiary/aromatic N) is 2. The molecule has 32 heavy (non-hydrogen) atoms. The molecule has 0 spiro atoms. The molecule has 2 amide bonds. The van der Waals surface area contributed by atoms with Crippen molar-refractivity contribution in [3.8, 4) is 0 Å². The highest BCUT2D eigenvalue weighted by molar-refractivity contribution is 6.01. The summed E-state index contributed by atoms with van der Waals surface area (Å²) in [5, 5.41) is 8.50. The van der Waals surface area contributed by atoms with Gasteiger partial charge in [0.15, 0.2) is 11.6 Å². The lowest BCUT2D eigenvalue weighted by Crippen LogP contribution is -2.58. The first-order valence-electron chi connectivity index (χ1n) is 11.6. The molecule has 3 fully saturated rings. The second-order valence-corrected chi connectivity index (χ2v) is 9.43. The Kier molecular flexibility index (Phi) is 6.95. The molecule has 176 valence electrons. The summed E-state index contributed by atoms with van der Waals surface area (Å²) >= 11 is 0. The summed E-state index contributed by atoms with van der Waals surface area (Å²) < 4.78 is 30.1. The predicted octanol–water partition coefficient (Wildman–Crippen LogP) is 2.08. The zero-order valence-electron chi connectivity index (χ0n) is 18.8. The van der Waals surface area contributed by atoms with Crippen molar-refractivity contribution in [1.82, 2.24) is 15.5 Å². The van der Waals surface area contributed by atoms with E-state index in [2.05, 4.69) is 34.7 Å². The smallest absolute Gasteiger partial charge is 0.249 e. The molecule has 3 N–H and O–H groups in total. The first-order chi connectivity index (χ1) is 15.3. The van der Waals surface area contributed by atoms with Gasteiger partial charge in [0.05, 0.1) is 0 Å². The number of hydrogen-bond acceptors (Lipinski definition) is 6. The third kappa shape index (κ3) is 5.04. The van der Waals surface area contributed by atoms with Crippen molar-refractivity contribution in [2.24, 2.45) is 5.92 Å². The van der Waals surface area contributed by atoms with E-state index in [4.69, 9.17) is 0 Å². The van der Waals surface area contributed by atoms with Crippen LogP contribution in [0.2, 0.25) is 0 Å². The van der Waals surface area contributed by atoms with Crippen molar-refractivity contribution < 1.29 is 18.4 Å². The van der Waals surface area contributed by atoms with Crippen molar-refractivity contribution >= 4 is 23.2 Å². The van der Waals surface area contributed by atoms with Crippen LogP contribution in [0.3, 0.4) is 0 Å². The fraction of sp³-hybridized carbons (Fsp3) is 0.652. The number of halogens is 2. The second kappa shape index (κ2) is 9.70. The number of rotatable bonds is 5. The molecule has 7 nitrogen and oxygen atoms in total. The predicted molar refractivity (Wildman–Crippen MR) is 120 cm³/mol. The standard InChI is InChI=1S/C23H33F2N5O2/c1-14-11-29(12-15(2)30(14)13-16-5-7-26-8-6-16)22-18(24)9-17(10-19(22)25)27-20-3-4-21(31)28-23(20)32/h9-10,14-16,20,26-27H,3-8,11-13H2,1-2H3,(H,28,31,32)/t14-,15-,20?/m0/s1. The number of piperazine rings is 1. The lowest BCUT2D eigenvalue weighted by Gasteiger charge is -2.47. The van der Waals surface area contributed by atoms with E-state index in [1.54, 1.807) is 4.90 Å². The number of piperidine rings is 2. The summed E-state index contributed by atoms with van der Waals surface area (Å²) in [6.07, 6.45) is 2.84. The summed E-state index contributed by atoms with van der Waals surface area (Å²) in [6, 6.07) is 2.16. The Labute approximate surface area is 187 Å². The Morgan fingerprint density at radius 1 is 1.03 bits per heavy atom. The van der Waals surface area contributed by atoms with Crippen LogP contribution in [-0.4, -0.2) is 67.6 Å². The molecule has 0 aliphatic carbocycles. The van der Waals surface area contributed by atoms with Crippen LogP contribution in [0.5, 0.6) is 0 Å². The molecule has 1 aromatic rings. The Morgan fingerprint density at radius 3 is 2.25 bits per heavy atom. The summed E-state index contributed by atoms with van der Waals surface area (Å²) in [7, 11) is 0.